The monoisotopic (exact) mass is 344 g/mol. The minimum absolute atomic E-state index is 0.106. The summed E-state index contributed by atoms with van der Waals surface area (Å²) in [5.74, 6) is 2.18. The SMILES string of the molecule is Cc1noc(C)c1CSCC(=O)NCC1(c2ccccc2)CCC1. The molecule has 1 amide bonds. The molecule has 1 fully saturated rings. The third kappa shape index (κ3) is 3.66. The average molecular weight is 344 g/mol. The number of carbonyl (C=O) groups is 1. The Kier molecular flexibility index (Phi) is 5.29. The predicted molar refractivity (Wildman–Crippen MR) is 97.1 cm³/mol. The van der Waals surface area contributed by atoms with E-state index in [2.05, 4.69) is 34.7 Å². The van der Waals surface area contributed by atoms with Crippen LogP contribution < -0.4 is 5.32 Å². The van der Waals surface area contributed by atoms with E-state index in [9.17, 15) is 4.79 Å². The number of amides is 1. The van der Waals surface area contributed by atoms with Crippen molar-refractivity contribution in [1.82, 2.24) is 10.5 Å². The summed E-state index contributed by atoms with van der Waals surface area (Å²) in [5, 5.41) is 7.08. The molecule has 0 aliphatic heterocycles. The quantitative estimate of drug-likeness (QED) is 0.831. The summed E-state index contributed by atoms with van der Waals surface area (Å²) < 4.78 is 5.15. The van der Waals surface area contributed by atoms with Crippen LogP contribution in [0.15, 0.2) is 34.9 Å². The van der Waals surface area contributed by atoms with Gasteiger partial charge < -0.3 is 9.84 Å². The summed E-state index contributed by atoms with van der Waals surface area (Å²) >= 11 is 1.61. The third-order valence-corrected chi connectivity index (χ3v) is 5.94. The molecule has 0 atom stereocenters. The van der Waals surface area contributed by atoms with Gasteiger partial charge in [-0.3, -0.25) is 4.79 Å². The predicted octanol–water partition coefficient (Wildman–Crippen LogP) is 3.76. The molecule has 1 saturated carbocycles. The highest BCUT2D eigenvalue weighted by molar-refractivity contribution is 7.99. The summed E-state index contributed by atoms with van der Waals surface area (Å²) in [4.78, 5) is 12.2. The Labute approximate surface area is 147 Å². The molecular weight excluding hydrogens is 320 g/mol. The van der Waals surface area contributed by atoms with Crippen molar-refractivity contribution < 1.29 is 9.32 Å². The van der Waals surface area contributed by atoms with Crippen LogP contribution in [0.5, 0.6) is 0 Å². The van der Waals surface area contributed by atoms with Crippen molar-refractivity contribution in [2.24, 2.45) is 0 Å². The van der Waals surface area contributed by atoms with E-state index < -0.39 is 0 Å². The fraction of sp³-hybridized carbons (Fsp3) is 0.474. The fourth-order valence-corrected chi connectivity index (χ4v) is 4.24. The van der Waals surface area contributed by atoms with Gasteiger partial charge in [0.15, 0.2) is 0 Å². The summed E-state index contributed by atoms with van der Waals surface area (Å²) in [6.07, 6.45) is 3.55. The highest BCUT2D eigenvalue weighted by Gasteiger charge is 2.38. The molecule has 0 bridgehead atoms. The second-order valence-corrected chi connectivity index (χ2v) is 7.56. The number of aryl methyl sites for hydroxylation is 2. The molecule has 4 nitrogen and oxygen atoms in total. The van der Waals surface area contributed by atoms with Gasteiger partial charge in [-0.15, -0.1) is 11.8 Å². The average Bonchev–Trinajstić information content (AvgIpc) is 2.87. The largest absolute Gasteiger partial charge is 0.361 e. The van der Waals surface area contributed by atoms with Crippen molar-refractivity contribution in [3.63, 3.8) is 0 Å². The van der Waals surface area contributed by atoms with Gasteiger partial charge in [0.05, 0.1) is 11.4 Å². The second kappa shape index (κ2) is 7.43. The molecular formula is C19H24N2O2S. The van der Waals surface area contributed by atoms with Crippen LogP contribution in [0.3, 0.4) is 0 Å². The Morgan fingerprint density at radius 1 is 1.29 bits per heavy atom. The van der Waals surface area contributed by atoms with Crippen LogP contribution in [0.25, 0.3) is 0 Å². The lowest BCUT2D eigenvalue weighted by Crippen LogP contribution is -2.46. The first-order valence-corrected chi connectivity index (χ1v) is 9.58. The van der Waals surface area contributed by atoms with E-state index in [0.29, 0.717) is 5.75 Å². The lowest BCUT2D eigenvalue weighted by atomic mass is 9.64. The zero-order chi connectivity index (χ0) is 17.0. The van der Waals surface area contributed by atoms with Gasteiger partial charge >= 0.3 is 0 Å². The number of benzene rings is 1. The molecule has 0 unspecified atom stereocenters. The number of hydrogen-bond acceptors (Lipinski definition) is 4. The van der Waals surface area contributed by atoms with Gasteiger partial charge in [0, 0.05) is 23.3 Å². The smallest absolute Gasteiger partial charge is 0.230 e. The molecule has 0 spiro atoms. The Morgan fingerprint density at radius 2 is 2.04 bits per heavy atom. The van der Waals surface area contributed by atoms with Gasteiger partial charge in [0.1, 0.15) is 5.76 Å². The standard InChI is InChI=1S/C19H24N2O2S/c1-14-17(15(2)23-21-14)11-24-12-18(22)20-13-19(9-6-10-19)16-7-4-3-5-8-16/h3-5,7-8H,6,9-13H2,1-2H3,(H,20,22). The number of rotatable bonds is 7. The van der Waals surface area contributed by atoms with Crippen LogP contribution in [-0.4, -0.2) is 23.4 Å². The van der Waals surface area contributed by atoms with Crippen molar-refractivity contribution in [2.45, 2.75) is 44.3 Å². The summed E-state index contributed by atoms with van der Waals surface area (Å²) in [7, 11) is 0. The first kappa shape index (κ1) is 17.1. The Morgan fingerprint density at radius 3 is 2.62 bits per heavy atom. The molecule has 3 rings (SSSR count). The molecule has 24 heavy (non-hydrogen) atoms. The number of thioether (sulfide) groups is 1. The highest BCUT2D eigenvalue weighted by atomic mass is 32.2. The van der Waals surface area contributed by atoms with Gasteiger partial charge in [-0.05, 0) is 32.3 Å². The molecule has 0 radical (unpaired) electrons. The van der Waals surface area contributed by atoms with Gasteiger partial charge in [-0.25, -0.2) is 0 Å². The number of carbonyl (C=O) groups excluding carboxylic acids is 1. The summed E-state index contributed by atoms with van der Waals surface area (Å²) in [6, 6.07) is 10.6. The molecule has 1 aliphatic carbocycles. The van der Waals surface area contributed by atoms with E-state index in [1.807, 2.05) is 19.9 Å². The lowest BCUT2D eigenvalue weighted by molar-refractivity contribution is -0.119. The first-order valence-electron chi connectivity index (χ1n) is 8.42. The summed E-state index contributed by atoms with van der Waals surface area (Å²) in [5.41, 5.74) is 3.51. The lowest BCUT2D eigenvalue weighted by Gasteiger charge is -2.42. The molecule has 2 aromatic rings. The van der Waals surface area contributed by atoms with Crippen molar-refractivity contribution in [3.05, 3.63) is 52.9 Å². The van der Waals surface area contributed by atoms with E-state index in [1.54, 1.807) is 11.8 Å². The molecule has 1 aliphatic rings. The van der Waals surface area contributed by atoms with Gasteiger partial charge in [-0.2, -0.15) is 0 Å². The molecule has 1 aromatic carbocycles. The van der Waals surface area contributed by atoms with Crippen molar-refractivity contribution in [3.8, 4) is 0 Å². The molecule has 128 valence electrons. The molecule has 1 N–H and O–H groups in total. The summed E-state index contributed by atoms with van der Waals surface area (Å²) in [6.45, 7) is 4.59. The minimum Gasteiger partial charge on any atom is -0.361 e. The topological polar surface area (TPSA) is 55.1 Å². The third-order valence-electron chi connectivity index (χ3n) is 4.98. The van der Waals surface area contributed by atoms with Crippen molar-refractivity contribution >= 4 is 17.7 Å². The Balaban J connectivity index is 1.47. The molecule has 1 heterocycles. The molecule has 0 saturated heterocycles. The number of nitrogens with one attached hydrogen (secondary N) is 1. The second-order valence-electron chi connectivity index (χ2n) is 6.57. The Bertz CT molecular complexity index is 673. The normalized spacial score (nSPS) is 15.8. The van der Waals surface area contributed by atoms with Crippen LogP contribution in [-0.2, 0) is 16.0 Å². The number of nitrogens with zero attached hydrogens (tertiary/aromatic N) is 1. The maximum Gasteiger partial charge on any atom is 0.230 e. The first-order chi connectivity index (χ1) is 11.6. The van der Waals surface area contributed by atoms with Gasteiger partial charge in [0.2, 0.25) is 5.91 Å². The van der Waals surface area contributed by atoms with E-state index in [-0.39, 0.29) is 11.3 Å². The Hall–Kier alpha value is -1.75. The van der Waals surface area contributed by atoms with Crippen LogP contribution in [0, 0.1) is 13.8 Å². The van der Waals surface area contributed by atoms with Crippen LogP contribution in [0.4, 0.5) is 0 Å². The van der Waals surface area contributed by atoms with E-state index >= 15 is 0 Å². The van der Waals surface area contributed by atoms with Crippen LogP contribution >= 0.6 is 11.8 Å². The molecule has 1 aromatic heterocycles. The number of aromatic nitrogens is 1. The van der Waals surface area contributed by atoms with E-state index in [0.717, 1.165) is 42.2 Å². The minimum atomic E-state index is 0.106. The van der Waals surface area contributed by atoms with Gasteiger partial charge in [0.25, 0.3) is 0 Å². The van der Waals surface area contributed by atoms with E-state index in [4.69, 9.17) is 4.52 Å². The van der Waals surface area contributed by atoms with Crippen LogP contribution in [0.2, 0.25) is 0 Å². The number of hydrogen-bond donors (Lipinski definition) is 1. The van der Waals surface area contributed by atoms with Crippen LogP contribution in [0.1, 0.15) is 41.8 Å². The zero-order valence-corrected chi connectivity index (χ0v) is 15.1. The highest BCUT2D eigenvalue weighted by Crippen LogP contribution is 2.43. The fourth-order valence-electron chi connectivity index (χ4n) is 3.24. The van der Waals surface area contributed by atoms with Crippen molar-refractivity contribution in [1.29, 1.82) is 0 Å². The zero-order valence-electron chi connectivity index (χ0n) is 14.3. The van der Waals surface area contributed by atoms with Gasteiger partial charge in [-0.1, -0.05) is 41.9 Å². The van der Waals surface area contributed by atoms with E-state index in [1.165, 1.54) is 12.0 Å². The molecule has 5 heteroatoms. The van der Waals surface area contributed by atoms with Crippen molar-refractivity contribution in [2.75, 3.05) is 12.3 Å². The maximum atomic E-state index is 12.2. The maximum absolute atomic E-state index is 12.2.